The average molecular weight is 278 g/mol. The number of anilines is 1. The topological polar surface area (TPSA) is 32.3 Å². The number of fused-ring (bicyclic) bond motifs is 1. The van der Waals surface area contributed by atoms with Crippen LogP contribution in [-0.2, 0) is 6.42 Å². The van der Waals surface area contributed by atoms with Gasteiger partial charge in [0.2, 0.25) is 0 Å². The number of hydrogen-bond donors (Lipinski definition) is 1. The summed E-state index contributed by atoms with van der Waals surface area (Å²) in [5.41, 5.74) is 3.17. The molecule has 2 rings (SSSR count). The predicted octanol–water partition coefficient (Wildman–Crippen LogP) is 2.87. The highest BCUT2D eigenvalue weighted by atomic mass is 32.2. The quantitative estimate of drug-likeness (QED) is 0.919. The van der Waals surface area contributed by atoms with E-state index in [9.17, 15) is 4.79 Å². The molecule has 1 heterocycles. The Hall–Kier alpha value is -1.16. The Bertz CT molecular complexity index is 461. The van der Waals surface area contributed by atoms with Crippen LogP contribution in [0.5, 0.6) is 0 Å². The fourth-order valence-corrected chi connectivity index (χ4v) is 3.16. The average Bonchev–Trinajstić information content (AvgIpc) is 2.45. The van der Waals surface area contributed by atoms with Crippen LogP contribution < -0.4 is 5.32 Å². The van der Waals surface area contributed by atoms with E-state index in [1.165, 1.54) is 5.56 Å². The first kappa shape index (κ1) is 14.3. The molecule has 0 radical (unpaired) electrons. The first-order valence-corrected chi connectivity index (χ1v) is 8.16. The van der Waals surface area contributed by atoms with Crippen molar-refractivity contribution in [2.75, 3.05) is 30.9 Å². The predicted molar refractivity (Wildman–Crippen MR) is 83.2 cm³/mol. The fraction of sp³-hybridized carbons (Fsp3) is 0.533. The standard InChI is InChI=1S/C15H22N2OS/c1-11(10-19-3)17(2)15(18)13-6-4-8-14-12(13)7-5-9-16-14/h4,6,8,11,16H,5,7,9-10H2,1-3H3. The molecule has 19 heavy (non-hydrogen) atoms. The molecule has 1 atom stereocenters. The lowest BCUT2D eigenvalue weighted by Gasteiger charge is -2.27. The maximum Gasteiger partial charge on any atom is 0.254 e. The van der Waals surface area contributed by atoms with Gasteiger partial charge in [0.15, 0.2) is 0 Å². The zero-order chi connectivity index (χ0) is 13.8. The number of benzene rings is 1. The second-order valence-corrected chi connectivity index (χ2v) is 5.99. The zero-order valence-corrected chi connectivity index (χ0v) is 12.7. The monoisotopic (exact) mass is 278 g/mol. The molecule has 4 heteroatoms. The van der Waals surface area contributed by atoms with Crippen molar-refractivity contribution >= 4 is 23.4 Å². The fourth-order valence-electron chi connectivity index (χ4n) is 2.45. The molecule has 0 saturated carbocycles. The molecule has 1 aliphatic rings. The molecule has 0 spiro atoms. The van der Waals surface area contributed by atoms with Crippen LogP contribution in [0.25, 0.3) is 0 Å². The first-order valence-electron chi connectivity index (χ1n) is 6.77. The number of amides is 1. The van der Waals surface area contributed by atoms with Gasteiger partial charge in [0.1, 0.15) is 0 Å². The van der Waals surface area contributed by atoms with Gasteiger partial charge in [-0.2, -0.15) is 11.8 Å². The lowest BCUT2D eigenvalue weighted by atomic mass is 9.96. The van der Waals surface area contributed by atoms with Crippen LogP contribution in [0.1, 0.15) is 29.3 Å². The highest BCUT2D eigenvalue weighted by Crippen LogP contribution is 2.26. The van der Waals surface area contributed by atoms with Gasteiger partial charge in [-0.3, -0.25) is 4.79 Å². The molecule has 1 aliphatic heterocycles. The van der Waals surface area contributed by atoms with Crippen LogP contribution in [0.2, 0.25) is 0 Å². The lowest BCUT2D eigenvalue weighted by molar-refractivity contribution is 0.0756. The van der Waals surface area contributed by atoms with Crippen molar-refractivity contribution in [3.63, 3.8) is 0 Å². The maximum absolute atomic E-state index is 12.6. The normalized spacial score (nSPS) is 15.3. The van der Waals surface area contributed by atoms with Gasteiger partial charge in [-0.25, -0.2) is 0 Å². The van der Waals surface area contributed by atoms with Gasteiger partial charge in [-0.05, 0) is 43.7 Å². The molecule has 0 saturated heterocycles. The maximum atomic E-state index is 12.6. The van der Waals surface area contributed by atoms with Crippen molar-refractivity contribution in [2.24, 2.45) is 0 Å². The van der Waals surface area contributed by atoms with E-state index in [-0.39, 0.29) is 11.9 Å². The number of nitrogens with one attached hydrogen (secondary N) is 1. The molecular formula is C15H22N2OS. The van der Waals surface area contributed by atoms with Crippen molar-refractivity contribution < 1.29 is 4.79 Å². The Morgan fingerprint density at radius 2 is 2.32 bits per heavy atom. The zero-order valence-electron chi connectivity index (χ0n) is 11.9. The van der Waals surface area contributed by atoms with Crippen molar-refractivity contribution in [2.45, 2.75) is 25.8 Å². The van der Waals surface area contributed by atoms with Gasteiger partial charge in [0.05, 0.1) is 0 Å². The molecule has 0 fully saturated rings. The van der Waals surface area contributed by atoms with E-state index < -0.39 is 0 Å². The first-order chi connectivity index (χ1) is 9.15. The van der Waals surface area contributed by atoms with E-state index in [0.29, 0.717) is 0 Å². The Morgan fingerprint density at radius 1 is 1.53 bits per heavy atom. The molecule has 1 aromatic rings. The Morgan fingerprint density at radius 3 is 3.05 bits per heavy atom. The van der Waals surface area contributed by atoms with Crippen LogP contribution in [-0.4, -0.2) is 42.4 Å². The third-order valence-corrected chi connectivity index (χ3v) is 4.53. The smallest absolute Gasteiger partial charge is 0.254 e. The summed E-state index contributed by atoms with van der Waals surface area (Å²) in [5.74, 6) is 1.11. The highest BCUT2D eigenvalue weighted by molar-refractivity contribution is 7.98. The number of hydrogen-bond acceptors (Lipinski definition) is 3. The van der Waals surface area contributed by atoms with Gasteiger partial charge >= 0.3 is 0 Å². The Balaban J connectivity index is 2.24. The van der Waals surface area contributed by atoms with Gasteiger partial charge in [0.25, 0.3) is 5.91 Å². The lowest BCUT2D eigenvalue weighted by Crippen LogP contribution is -2.37. The molecular weight excluding hydrogens is 256 g/mol. The van der Waals surface area contributed by atoms with Gasteiger partial charge in [-0.1, -0.05) is 6.07 Å². The summed E-state index contributed by atoms with van der Waals surface area (Å²) in [4.78, 5) is 14.5. The summed E-state index contributed by atoms with van der Waals surface area (Å²) < 4.78 is 0. The van der Waals surface area contributed by atoms with Crippen LogP contribution >= 0.6 is 11.8 Å². The van der Waals surface area contributed by atoms with Crippen LogP contribution in [0.15, 0.2) is 18.2 Å². The third-order valence-electron chi connectivity index (χ3n) is 3.71. The summed E-state index contributed by atoms with van der Waals surface area (Å²) in [7, 11) is 1.90. The van der Waals surface area contributed by atoms with Crippen LogP contribution in [0.4, 0.5) is 5.69 Å². The molecule has 3 nitrogen and oxygen atoms in total. The van der Waals surface area contributed by atoms with Gasteiger partial charge in [-0.15, -0.1) is 0 Å². The molecule has 1 amide bonds. The number of carbonyl (C=O) groups is 1. The van der Waals surface area contributed by atoms with Gasteiger partial charge < -0.3 is 10.2 Å². The van der Waals surface area contributed by atoms with E-state index in [0.717, 1.165) is 36.4 Å². The van der Waals surface area contributed by atoms with Crippen molar-refractivity contribution in [1.82, 2.24) is 4.90 Å². The van der Waals surface area contributed by atoms with Crippen LogP contribution in [0, 0.1) is 0 Å². The number of carbonyl (C=O) groups excluding carboxylic acids is 1. The van der Waals surface area contributed by atoms with Crippen LogP contribution in [0.3, 0.4) is 0 Å². The van der Waals surface area contributed by atoms with E-state index in [2.05, 4.69) is 24.6 Å². The third kappa shape index (κ3) is 3.06. The second-order valence-electron chi connectivity index (χ2n) is 5.08. The SMILES string of the molecule is CSCC(C)N(C)C(=O)c1cccc2c1CCCN2. The van der Waals surface area contributed by atoms with Crippen molar-refractivity contribution in [3.8, 4) is 0 Å². The molecule has 0 aliphatic carbocycles. The summed E-state index contributed by atoms with van der Waals surface area (Å²) in [6.45, 7) is 3.10. The molecule has 0 bridgehead atoms. The van der Waals surface area contributed by atoms with Crippen molar-refractivity contribution in [3.05, 3.63) is 29.3 Å². The number of nitrogens with zero attached hydrogens (tertiary/aromatic N) is 1. The van der Waals surface area contributed by atoms with Crippen molar-refractivity contribution in [1.29, 1.82) is 0 Å². The van der Waals surface area contributed by atoms with E-state index in [1.54, 1.807) is 11.8 Å². The second kappa shape index (κ2) is 6.33. The minimum absolute atomic E-state index is 0.141. The van der Waals surface area contributed by atoms with E-state index in [4.69, 9.17) is 0 Å². The minimum atomic E-state index is 0.141. The molecule has 104 valence electrons. The number of thioether (sulfide) groups is 1. The molecule has 1 unspecified atom stereocenters. The molecule has 1 N–H and O–H groups in total. The summed E-state index contributed by atoms with van der Waals surface area (Å²) in [5, 5.41) is 3.38. The Kier molecular flexibility index (Phi) is 4.75. The van der Waals surface area contributed by atoms with E-state index in [1.807, 2.05) is 24.1 Å². The summed E-state index contributed by atoms with van der Waals surface area (Å²) in [6, 6.07) is 6.25. The Labute approximate surface area is 119 Å². The van der Waals surface area contributed by atoms with Gasteiger partial charge in [0, 0.05) is 36.6 Å². The molecule has 0 aromatic heterocycles. The minimum Gasteiger partial charge on any atom is -0.385 e. The highest BCUT2D eigenvalue weighted by Gasteiger charge is 2.22. The largest absolute Gasteiger partial charge is 0.385 e. The number of rotatable bonds is 4. The molecule has 1 aromatic carbocycles. The summed E-state index contributed by atoms with van der Waals surface area (Å²) >= 11 is 1.77. The van der Waals surface area contributed by atoms with E-state index >= 15 is 0 Å². The summed E-state index contributed by atoms with van der Waals surface area (Å²) in [6.07, 6.45) is 4.17.